The highest BCUT2D eigenvalue weighted by atomic mass is 127. The Balaban J connectivity index is 0.00000192. The van der Waals surface area contributed by atoms with Gasteiger partial charge in [0.15, 0.2) is 0 Å². The van der Waals surface area contributed by atoms with Gasteiger partial charge in [0.2, 0.25) is 11.2 Å². The van der Waals surface area contributed by atoms with E-state index in [0.717, 1.165) is 0 Å². The van der Waals surface area contributed by atoms with Crippen molar-refractivity contribution in [3.8, 4) is 0 Å². The normalized spacial score (nSPS) is 10.7. The van der Waals surface area contributed by atoms with Crippen LogP contribution in [0.3, 0.4) is 0 Å². The lowest BCUT2D eigenvalue weighted by molar-refractivity contribution is -0.646. The zero-order valence-corrected chi connectivity index (χ0v) is 15.9. The number of benzene rings is 2. The minimum atomic E-state index is 0. The fraction of sp³-hybridized carbons (Fsp3) is 0.150. The van der Waals surface area contributed by atoms with Crippen molar-refractivity contribution in [2.75, 3.05) is 19.0 Å². The molecule has 0 N–H and O–H groups in total. The van der Waals surface area contributed by atoms with Gasteiger partial charge in [0.1, 0.15) is 7.05 Å². The number of para-hydroxylation sites is 1. The molecule has 0 aliphatic rings. The molecule has 3 aromatic rings. The van der Waals surface area contributed by atoms with Crippen molar-refractivity contribution in [1.29, 1.82) is 0 Å². The Kier molecular flexibility index (Phi) is 5.77. The predicted molar refractivity (Wildman–Crippen MR) is 94.8 cm³/mol. The number of hydrogen-bond donors (Lipinski definition) is 0. The molecule has 0 spiro atoms. The number of halogens is 1. The molecule has 23 heavy (non-hydrogen) atoms. The van der Waals surface area contributed by atoms with Crippen molar-refractivity contribution < 1.29 is 28.5 Å². The molecule has 0 atom stereocenters. The zero-order chi connectivity index (χ0) is 15.5. The fourth-order valence-corrected chi connectivity index (χ4v) is 2.59. The van der Waals surface area contributed by atoms with Gasteiger partial charge in [-0.25, -0.2) is 0 Å². The lowest BCUT2D eigenvalue weighted by atomic mass is 10.1. The molecular formula is C20H21IN2. The number of hydrogen-bond acceptors (Lipinski definition) is 1. The largest absolute Gasteiger partial charge is 1.00 e. The van der Waals surface area contributed by atoms with Crippen LogP contribution in [-0.2, 0) is 7.05 Å². The van der Waals surface area contributed by atoms with Gasteiger partial charge in [0.25, 0.3) is 0 Å². The molecule has 0 saturated carbocycles. The van der Waals surface area contributed by atoms with E-state index in [1.165, 1.54) is 27.8 Å². The first kappa shape index (κ1) is 17.5. The van der Waals surface area contributed by atoms with Crippen molar-refractivity contribution >= 4 is 28.7 Å². The van der Waals surface area contributed by atoms with E-state index >= 15 is 0 Å². The highest BCUT2D eigenvalue weighted by Gasteiger charge is 2.07. The van der Waals surface area contributed by atoms with Crippen molar-refractivity contribution in [2.24, 2.45) is 7.05 Å². The lowest BCUT2D eigenvalue weighted by Gasteiger charge is -2.11. The average Bonchev–Trinajstić information content (AvgIpc) is 2.55. The molecule has 0 saturated heterocycles. The molecule has 2 nitrogen and oxygen atoms in total. The number of anilines is 1. The molecule has 1 aromatic heterocycles. The summed E-state index contributed by atoms with van der Waals surface area (Å²) in [4.78, 5) is 2.11. The van der Waals surface area contributed by atoms with Crippen LogP contribution in [0, 0.1) is 0 Å². The van der Waals surface area contributed by atoms with Gasteiger partial charge in [-0.15, -0.1) is 0 Å². The van der Waals surface area contributed by atoms with Gasteiger partial charge in [-0.2, -0.15) is 4.57 Å². The molecule has 0 amide bonds. The maximum Gasteiger partial charge on any atom is 0.212 e. The second-order valence-corrected chi connectivity index (χ2v) is 5.70. The number of aryl methyl sites for hydroxylation is 1. The van der Waals surface area contributed by atoms with Crippen molar-refractivity contribution in [3.05, 3.63) is 71.9 Å². The monoisotopic (exact) mass is 416 g/mol. The number of pyridine rings is 1. The summed E-state index contributed by atoms with van der Waals surface area (Å²) in [6.45, 7) is 0. The van der Waals surface area contributed by atoms with Crippen molar-refractivity contribution in [1.82, 2.24) is 0 Å². The first-order valence-electron chi connectivity index (χ1n) is 7.48. The zero-order valence-electron chi connectivity index (χ0n) is 13.7. The Bertz CT molecular complexity index is 821. The smallest absolute Gasteiger partial charge is 0.212 e. The Labute approximate surface area is 155 Å². The molecule has 3 heteroatoms. The maximum atomic E-state index is 2.22. The van der Waals surface area contributed by atoms with Crippen LogP contribution in [0.1, 0.15) is 11.3 Å². The Morgan fingerprint density at radius 2 is 1.52 bits per heavy atom. The van der Waals surface area contributed by atoms with Crippen LogP contribution < -0.4 is 33.4 Å². The maximum absolute atomic E-state index is 2.22. The lowest BCUT2D eigenvalue weighted by Crippen LogP contribution is -3.00. The molecular weight excluding hydrogens is 395 g/mol. The summed E-state index contributed by atoms with van der Waals surface area (Å²) in [6, 6.07) is 21.3. The minimum absolute atomic E-state index is 0. The van der Waals surface area contributed by atoms with Crippen molar-refractivity contribution in [2.45, 2.75) is 0 Å². The van der Waals surface area contributed by atoms with Crippen LogP contribution in [-0.4, -0.2) is 14.1 Å². The van der Waals surface area contributed by atoms with E-state index in [1.807, 2.05) is 0 Å². The van der Waals surface area contributed by atoms with Crippen LogP contribution in [0.4, 0.5) is 5.69 Å². The summed E-state index contributed by atoms with van der Waals surface area (Å²) in [5, 5.41) is 1.26. The third-order valence-corrected chi connectivity index (χ3v) is 3.98. The molecule has 2 aromatic carbocycles. The van der Waals surface area contributed by atoms with Gasteiger partial charge in [-0.3, -0.25) is 0 Å². The summed E-state index contributed by atoms with van der Waals surface area (Å²) in [7, 11) is 6.22. The van der Waals surface area contributed by atoms with E-state index in [-0.39, 0.29) is 24.0 Å². The molecule has 118 valence electrons. The molecule has 0 fully saturated rings. The van der Waals surface area contributed by atoms with E-state index in [9.17, 15) is 0 Å². The molecule has 0 bridgehead atoms. The first-order chi connectivity index (χ1) is 10.6. The third kappa shape index (κ3) is 3.91. The Hall–Kier alpha value is -1.88. The topological polar surface area (TPSA) is 7.12 Å². The summed E-state index contributed by atoms with van der Waals surface area (Å²) in [5.74, 6) is 0. The van der Waals surface area contributed by atoms with Gasteiger partial charge < -0.3 is 28.9 Å². The summed E-state index contributed by atoms with van der Waals surface area (Å²) in [5.41, 5.74) is 4.86. The molecule has 3 rings (SSSR count). The molecule has 0 aliphatic heterocycles. The summed E-state index contributed by atoms with van der Waals surface area (Å²) < 4.78 is 2.22. The van der Waals surface area contributed by atoms with E-state index in [4.69, 9.17) is 0 Å². The Morgan fingerprint density at radius 3 is 2.22 bits per heavy atom. The van der Waals surface area contributed by atoms with Crippen LogP contribution in [0.5, 0.6) is 0 Å². The second kappa shape index (κ2) is 7.59. The third-order valence-electron chi connectivity index (χ3n) is 3.98. The van der Waals surface area contributed by atoms with Crippen molar-refractivity contribution in [3.63, 3.8) is 0 Å². The van der Waals surface area contributed by atoms with Gasteiger partial charge >= 0.3 is 0 Å². The molecule has 0 unspecified atom stereocenters. The van der Waals surface area contributed by atoms with Gasteiger partial charge in [0, 0.05) is 43.4 Å². The van der Waals surface area contributed by atoms with E-state index < -0.39 is 0 Å². The summed E-state index contributed by atoms with van der Waals surface area (Å²) in [6.07, 6.45) is 4.32. The minimum Gasteiger partial charge on any atom is -1.00 e. The van der Waals surface area contributed by atoms with Crippen LogP contribution in [0.15, 0.2) is 60.7 Å². The number of fused-ring (bicyclic) bond motifs is 1. The number of aromatic nitrogens is 1. The van der Waals surface area contributed by atoms with Gasteiger partial charge in [-0.05, 0) is 35.9 Å². The molecule has 0 radical (unpaired) electrons. The number of nitrogens with zero attached hydrogens (tertiary/aromatic N) is 2. The van der Waals surface area contributed by atoms with Gasteiger partial charge in [-0.1, -0.05) is 24.3 Å². The van der Waals surface area contributed by atoms with Crippen LogP contribution >= 0.6 is 0 Å². The molecule has 0 aliphatic carbocycles. The Morgan fingerprint density at radius 1 is 0.826 bits per heavy atom. The highest BCUT2D eigenvalue weighted by molar-refractivity contribution is 5.77. The van der Waals surface area contributed by atoms with Gasteiger partial charge in [0.05, 0.1) is 0 Å². The van der Waals surface area contributed by atoms with E-state index in [0.29, 0.717) is 0 Å². The number of rotatable bonds is 3. The van der Waals surface area contributed by atoms with Crippen LogP contribution in [0.2, 0.25) is 0 Å². The highest BCUT2D eigenvalue weighted by Crippen LogP contribution is 2.15. The fourth-order valence-electron chi connectivity index (χ4n) is 2.59. The predicted octanol–water partition coefficient (Wildman–Crippen LogP) is 0.905. The first-order valence-corrected chi connectivity index (χ1v) is 7.48. The standard InChI is InChI=1S/C20H21N2.HI/c1-21(2)18-12-8-16(9-13-18)10-14-19-15-11-17-6-4-5-7-20(17)22(19)3;/h4-15H,1-3H3;1H/q+1;/p-1. The molecule has 1 heterocycles. The quantitative estimate of drug-likeness (QED) is 0.455. The SMILES string of the molecule is CN(C)c1ccc(/C=C/c2ccc3ccccc3[n+]2C)cc1.[I-]. The summed E-state index contributed by atoms with van der Waals surface area (Å²) >= 11 is 0. The van der Waals surface area contributed by atoms with Crippen LogP contribution in [0.25, 0.3) is 23.1 Å². The second-order valence-electron chi connectivity index (χ2n) is 5.70. The van der Waals surface area contributed by atoms with E-state index in [1.54, 1.807) is 0 Å². The average molecular weight is 416 g/mol. The van der Waals surface area contributed by atoms with E-state index in [2.05, 4.69) is 103 Å².